The van der Waals surface area contributed by atoms with Crippen LogP contribution in [0.4, 0.5) is 0 Å². The van der Waals surface area contributed by atoms with Gasteiger partial charge in [-0.3, -0.25) is 9.69 Å². The number of para-hydroxylation sites is 2. The molecule has 5 rings (SSSR count). The highest BCUT2D eigenvalue weighted by Crippen LogP contribution is 2.24. The van der Waals surface area contributed by atoms with Gasteiger partial charge in [0.05, 0.1) is 6.54 Å². The summed E-state index contributed by atoms with van der Waals surface area (Å²) < 4.78 is 5.99. The van der Waals surface area contributed by atoms with E-state index in [0.29, 0.717) is 11.6 Å². The predicted octanol–water partition coefficient (Wildman–Crippen LogP) is 7.59. The number of likely N-dealkylation sites (tertiary alicyclic amines) is 1. The van der Waals surface area contributed by atoms with Gasteiger partial charge >= 0.3 is 0 Å². The third-order valence-electron chi connectivity index (χ3n) is 6.47. The summed E-state index contributed by atoms with van der Waals surface area (Å²) in [7, 11) is 0. The number of carbonyl (C=O) groups excluding carboxylic acids is 1. The van der Waals surface area contributed by atoms with Crippen LogP contribution in [0.15, 0.2) is 65.1 Å². The Morgan fingerprint density at radius 3 is 2.31 bits per heavy atom. The summed E-state index contributed by atoms with van der Waals surface area (Å²) in [5.74, 6) is 1.67. The highest BCUT2D eigenvalue weighted by molar-refractivity contribution is 5.98. The molecule has 0 bridgehead atoms. The van der Waals surface area contributed by atoms with E-state index >= 15 is 0 Å². The van der Waals surface area contributed by atoms with E-state index in [1.807, 2.05) is 81.1 Å². The number of fused-ring (bicyclic) bond motifs is 2. The lowest BCUT2D eigenvalue weighted by Gasteiger charge is -2.34. The summed E-state index contributed by atoms with van der Waals surface area (Å²) in [6, 6.07) is 20.3. The van der Waals surface area contributed by atoms with Gasteiger partial charge in [-0.25, -0.2) is 0 Å². The summed E-state index contributed by atoms with van der Waals surface area (Å²) in [6.45, 7) is 14.6. The van der Waals surface area contributed by atoms with Gasteiger partial charge in [-0.15, -0.1) is 0 Å². The van der Waals surface area contributed by atoms with Crippen LogP contribution in [0.1, 0.15) is 65.1 Å². The van der Waals surface area contributed by atoms with Crippen molar-refractivity contribution >= 4 is 27.8 Å². The van der Waals surface area contributed by atoms with Gasteiger partial charge in [0.1, 0.15) is 17.0 Å². The molecule has 4 aromatic rings. The number of H-pyrrole nitrogens is 1. The molecule has 0 unspecified atom stereocenters. The van der Waals surface area contributed by atoms with Crippen LogP contribution in [-0.2, 0) is 6.54 Å². The van der Waals surface area contributed by atoms with Gasteiger partial charge in [0, 0.05) is 30.8 Å². The maximum atomic E-state index is 13.1. The number of nitrogens with zero attached hydrogens (tertiary/aromatic N) is 2. The normalized spacial score (nSPS) is 14.2. The van der Waals surface area contributed by atoms with Crippen molar-refractivity contribution in [1.82, 2.24) is 14.8 Å². The van der Waals surface area contributed by atoms with E-state index in [4.69, 9.17) is 4.42 Å². The molecule has 0 spiro atoms. The van der Waals surface area contributed by atoms with E-state index < -0.39 is 0 Å². The first-order chi connectivity index (χ1) is 17.2. The largest absolute Gasteiger partial charge is 0.460 e. The molecule has 0 saturated carbocycles. The maximum Gasteiger partial charge on any atom is 0.270 e. The lowest BCUT2D eigenvalue weighted by Crippen LogP contribution is -2.40. The van der Waals surface area contributed by atoms with Crippen LogP contribution in [0.5, 0.6) is 0 Å². The third-order valence-corrected chi connectivity index (χ3v) is 6.47. The number of hydrogen-bond acceptors (Lipinski definition) is 3. The van der Waals surface area contributed by atoms with E-state index in [0.717, 1.165) is 67.8 Å². The van der Waals surface area contributed by atoms with Gasteiger partial charge in [0.15, 0.2) is 0 Å². The zero-order valence-corrected chi connectivity index (χ0v) is 22.0. The highest BCUT2D eigenvalue weighted by Gasteiger charge is 2.25. The van der Waals surface area contributed by atoms with Crippen molar-refractivity contribution in [3.05, 3.63) is 72.1 Å². The average Bonchev–Trinajstić information content (AvgIpc) is 3.54. The van der Waals surface area contributed by atoms with Crippen LogP contribution in [0.2, 0.25) is 0 Å². The maximum absolute atomic E-state index is 13.1. The molecule has 1 aliphatic rings. The van der Waals surface area contributed by atoms with Crippen molar-refractivity contribution in [3.63, 3.8) is 0 Å². The highest BCUT2D eigenvalue weighted by atomic mass is 16.3. The Morgan fingerprint density at radius 2 is 1.66 bits per heavy atom. The Bertz CT molecular complexity index is 1130. The minimum atomic E-state index is 0. The molecule has 1 fully saturated rings. The standard InChI is InChI=1S/C26H29N3O2.2C2H6.H2/c1-2-29(26(30)24-16-20-7-3-5-9-23(20)27-24)17-19-11-13-28(14-12-19)18-22-15-21-8-4-6-10-25(21)31-22;2*1-2;/h3-10,15-16,19,27H,2,11-14,17-18H2,1H3;2*1-2H3;1H. The minimum Gasteiger partial charge on any atom is -0.460 e. The number of aromatic amines is 1. The van der Waals surface area contributed by atoms with Crippen molar-refractivity contribution in [2.75, 3.05) is 26.2 Å². The van der Waals surface area contributed by atoms with Crippen LogP contribution >= 0.6 is 0 Å². The Balaban J connectivity index is 0.000000871. The Hall–Kier alpha value is -3.05. The topological polar surface area (TPSA) is 52.5 Å². The molecule has 5 heteroatoms. The van der Waals surface area contributed by atoms with E-state index in [-0.39, 0.29) is 7.33 Å². The SMILES string of the molecule is CC.CC.CCN(CC1CCN(Cc2cc3ccccc3o2)CC1)C(=O)c1cc2ccccc2[nH]1.[HH]. The molecule has 190 valence electrons. The van der Waals surface area contributed by atoms with Gasteiger partial charge in [-0.05, 0) is 63.0 Å². The van der Waals surface area contributed by atoms with Gasteiger partial charge in [0.25, 0.3) is 5.91 Å². The Kier molecular flexibility index (Phi) is 9.98. The molecule has 2 aromatic heterocycles. The summed E-state index contributed by atoms with van der Waals surface area (Å²) in [5.41, 5.74) is 2.66. The molecule has 5 nitrogen and oxygen atoms in total. The van der Waals surface area contributed by atoms with Crippen molar-refractivity contribution in [2.24, 2.45) is 5.92 Å². The number of furan rings is 1. The van der Waals surface area contributed by atoms with E-state index in [1.165, 1.54) is 5.39 Å². The number of hydrogen-bond donors (Lipinski definition) is 1. The molecule has 0 atom stereocenters. The minimum absolute atomic E-state index is 0. The van der Waals surface area contributed by atoms with E-state index in [1.54, 1.807) is 0 Å². The predicted molar refractivity (Wildman–Crippen MR) is 149 cm³/mol. The molecule has 1 amide bonds. The summed E-state index contributed by atoms with van der Waals surface area (Å²) >= 11 is 0. The van der Waals surface area contributed by atoms with Crippen molar-refractivity contribution in [1.29, 1.82) is 0 Å². The summed E-state index contributed by atoms with van der Waals surface area (Å²) in [5, 5.41) is 2.25. The third kappa shape index (κ3) is 6.55. The van der Waals surface area contributed by atoms with Crippen molar-refractivity contribution in [2.45, 2.75) is 54.0 Å². The van der Waals surface area contributed by atoms with Crippen molar-refractivity contribution < 1.29 is 10.6 Å². The monoisotopic (exact) mass is 477 g/mol. The first-order valence-electron chi connectivity index (χ1n) is 13.3. The Morgan fingerprint density at radius 1 is 1.00 bits per heavy atom. The fraction of sp³-hybridized carbons (Fsp3) is 0.433. The van der Waals surface area contributed by atoms with Crippen LogP contribution < -0.4 is 0 Å². The first-order valence-corrected chi connectivity index (χ1v) is 13.3. The molecule has 2 aromatic carbocycles. The number of rotatable bonds is 6. The molecule has 1 aliphatic heterocycles. The summed E-state index contributed by atoms with van der Waals surface area (Å²) in [6.07, 6.45) is 2.22. The smallest absolute Gasteiger partial charge is 0.270 e. The zero-order valence-electron chi connectivity index (χ0n) is 22.0. The fourth-order valence-corrected chi connectivity index (χ4v) is 4.69. The van der Waals surface area contributed by atoms with Gasteiger partial charge < -0.3 is 14.3 Å². The molecular weight excluding hydrogens is 434 g/mol. The molecule has 0 radical (unpaired) electrons. The summed E-state index contributed by atoms with van der Waals surface area (Å²) in [4.78, 5) is 20.8. The van der Waals surface area contributed by atoms with Crippen LogP contribution in [-0.4, -0.2) is 46.9 Å². The van der Waals surface area contributed by atoms with Gasteiger partial charge in [0.2, 0.25) is 0 Å². The van der Waals surface area contributed by atoms with Gasteiger partial charge in [-0.2, -0.15) is 0 Å². The molecule has 0 aliphatic carbocycles. The lowest BCUT2D eigenvalue weighted by molar-refractivity contribution is 0.0691. The second-order valence-corrected chi connectivity index (χ2v) is 8.58. The quantitative estimate of drug-likeness (QED) is 0.311. The zero-order chi connectivity index (χ0) is 25.2. The van der Waals surface area contributed by atoms with Crippen molar-refractivity contribution in [3.8, 4) is 0 Å². The molecular formula is C30H43N3O2. The van der Waals surface area contributed by atoms with E-state index in [2.05, 4.69) is 28.9 Å². The molecule has 1 saturated heterocycles. The molecule has 1 N–H and O–H groups in total. The van der Waals surface area contributed by atoms with E-state index in [9.17, 15) is 4.79 Å². The fourth-order valence-electron chi connectivity index (χ4n) is 4.69. The number of amides is 1. The number of benzene rings is 2. The number of piperidine rings is 1. The number of aromatic nitrogens is 1. The number of nitrogens with one attached hydrogen (secondary N) is 1. The lowest BCUT2D eigenvalue weighted by atomic mass is 9.96. The van der Waals surface area contributed by atoms with Crippen LogP contribution in [0.25, 0.3) is 21.9 Å². The molecule has 3 heterocycles. The van der Waals surface area contributed by atoms with Crippen LogP contribution in [0.3, 0.4) is 0 Å². The molecule has 35 heavy (non-hydrogen) atoms. The second kappa shape index (κ2) is 13.1. The number of carbonyl (C=O) groups is 1. The van der Waals surface area contributed by atoms with Gasteiger partial charge in [-0.1, -0.05) is 64.1 Å². The van der Waals surface area contributed by atoms with Crippen LogP contribution in [0, 0.1) is 5.92 Å². The Labute approximate surface area is 211 Å². The second-order valence-electron chi connectivity index (χ2n) is 8.58. The average molecular weight is 478 g/mol. The first kappa shape index (κ1) is 26.6.